The number of fused-ring (bicyclic) bond motifs is 4. The lowest BCUT2D eigenvalue weighted by molar-refractivity contribution is -0.134. The number of aryl methyl sites for hydroxylation is 2. The summed E-state index contributed by atoms with van der Waals surface area (Å²) in [6, 6.07) is 26.6. The number of amides is 1. The molecule has 9 nitrogen and oxygen atoms in total. The third-order valence-electron chi connectivity index (χ3n) is 10.6. The van der Waals surface area contributed by atoms with Gasteiger partial charge in [0.2, 0.25) is 5.91 Å². The number of nitrogens with zero attached hydrogens (tertiary/aromatic N) is 6. The maximum Gasteiger partial charge on any atom is 0.225 e. The molecule has 6 aromatic rings. The molecule has 0 unspecified atom stereocenters. The third-order valence-corrected chi connectivity index (χ3v) is 12.0. The SMILES string of the molecule is Cc1sc2c(c1C)C(c1ccc(Cl)cc1)=N[C@@H](CC(=O)N1CCC(OCCNCc3cccc4c3ccn4Cc3ccccc3)CC1)c1nnc(C)n1-2. The molecule has 1 saturated heterocycles. The molecule has 0 saturated carbocycles. The summed E-state index contributed by atoms with van der Waals surface area (Å²) in [7, 11) is 0. The van der Waals surface area contributed by atoms with Crippen molar-refractivity contribution in [1.29, 1.82) is 0 Å². The molecular formula is C42H44ClN7O2S. The molecule has 5 heterocycles. The van der Waals surface area contributed by atoms with Crippen LogP contribution in [0.4, 0.5) is 0 Å². The zero-order valence-corrected chi connectivity index (χ0v) is 32.0. The molecule has 0 spiro atoms. The highest BCUT2D eigenvalue weighted by Gasteiger charge is 2.34. The van der Waals surface area contributed by atoms with E-state index in [4.69, 9.17) is 21.3 Å². The lowest BCUT2D eigenvalue weighted by atomic mass is 9.99. The fourth-order valence-electron chi connectivity index (χ4n) is 7.58. The van der Waals surface area contributed by atoms with Gasteiger partial charge >= 0.3 is 0 Å². The van der Waals surface area contributed by atoms with Gasteiger partial charge in [0.05, 0.1) is 24.8 Å². The highest BCUT2D eigenvalue weighted by atomic mass is 35.5. The Morgan fingerprint density at radius 3 is 2.55 bits per heavy atom. The zero-order chi connectivity index (χ0) is 36.5. The highest BCUT2D eigenvalue weighted by Crippen LogP contribution is 2.40. The van der Waals surface area contributed by atoms with Crippen LogP contribution in [0.15, 0.2) is 90.1 Å². The minimum absolute atomic E-state index is 0.0754. The fourth-order valence-corrected chi connectivity index (χ4v) is 8.92. The zero-order valence-electron chi connectivity index (χ0n) is 30.4. The minimum atomic E-state index is -0.470. The first-order valence-corrected chi connectivity index (χ1v) is 19.6. The van der Waals surface area contributed by atoms with Crippen molar-refractivity contribution >= 4 is 45.5 Å². The van der Waals surface area contributed by atoms with Gasteiger partial charge in [-0.1, -0.05) is 66.2 Å². The smallest absolute Gasteiger partial charge is 0.225 e. The Bertz CT molecular complexity index is 2270. The van der Waals surface area contributed by atoms with Gasteiger partial charge in [0, 0.05) is 70.9 Å². The second kappa shape index (κ2) is 15.4. The second-order valence-corrected chi connectivity index (χ2v) is 15.7. The molecule has 1 amide bonds. The van der Waals surface area contributed by atoms with Crippen LogP contribution < -0.4 is 5.32 Å². The van der Waals surface area contributed by atoms with Crippen LogP contribution in [0.2, 0.25) is 5.02 Å². The molecule has 272 valence electrons. The molecule has 0 aliphatic carbocycles. The first kappa shape index (κ1) is 35.4. The van der Waals surface area contributed by atoms with Crippen LogP contribution in [0.5, 0.6) is 0 Å². The van der Waals surface area contributed by atoms with E-state index < -0.39 is 6.04 Å². The highest BCUT2D eigenvalue weighted by molar-refractivity contribution is 7.15. The summed E-state index contributed by atoms with van der Waals surface area (Å²) in [4.78, 5) is 22.3. The van der Waals surface area contributed by atoms with Crippen molar-refractivity contribution < 1.29 is 9.53 Å². The number of hydrogen-bond acceptors (Lipinski definition) is 7. The molecule has 0 bridgehead atoms. The van der Waals surface area contributed by atoms with E-state index in [0.29, 0.717) is 30.5 Å². The second-order valence-electron chi connectivity index (χ2n) is 14.0. The Hall–Kier alpha value is -4.61. The number of carbonyl (C=O) groups is 1. The van der Waals surface area contributed by atoms with E-state index in [-0.39, 0.29) is 18.4 Å². The van der Waals surface area contributed by atoms with E-state index in [1.54, 1.807) is 11.3 Å². The van der Waals surface area contributed by atoms with Crippen molar-refractivity contribution in [2.24, 2.45) is 4.99 Å². The normalized spacial score (nSPS) is 16.0. The number of nitrogens with one attached hydrogen (secondary N) is 1. The maximum atomic E-state index is 13.9. The van der Waals surface area contributed by atoms with Gasteiger partial charge in [-0.2, -0.15) is 0 Å². The predicted molar refractivity (Wildman–Crippen MR) is 213 cm³/mol. The number of rotatable bonds is 11. The number of hydrogen-bond donors (Lipinski definition) is 1. The molecule has 0 radical (unpaired) electrons. The largest absolute Gasteiger partial charge is 0.377 e. The number of likely N-dealkylation sites (tertiary alicyclic amines) is 1. The van der Waals surface area contributed by atoms with Crippen LogP contribution in [0.25, 0.3) is 15.9 Å². The molecule has 2 aliphatic heterocycles. The van der Waals surface area contributed by atoms with Crippen LogP contribution in [0, 0.1) is 20.8 Å². The Morgan fingerprint density at radius 1 is 0.962 bits per heavy atom. The molecule has 53 heavy (non-hydrogen) atoms. The number of halogens is 1. The molecule has 1 N–H and O–H groups in total. The van der Waals surface area contributed by atoms with Crippen molar-refractivity contribution in [3.8, 4) is 5.00 Å². The van der Waals surface area contributed by atoms with Crippen LogP contribution in [0.1, 0.15) is 69.6 Å². The van der Waals surface area contributed by atoms with E-state index >= 15 is 0 Å². The standard InChI is InChI=1S/C42H44ClN7O2S/c1-27-28(2)53-42-39(27)40(31-12-14-33(43)15-13-31)45-36(41-47-46-29(3)50(41)42)24-38(51)48-20-16-34(17-21-48)52-23-19-44-25-32-10-7-11-37-35(32)18-22-49(37)26-30-8-5-4-6-9-30/h4-15,18,22,34,36,44H,16-17,19-21,23-26H2,1-3H3/t36-/m0/s1. The molecule has 1 atom stereocenters. The molecule has 3 aromatic heterocycles. The van der Waals surface area contributed by atoms with Crippen molar-refractivity contribution in [2.45, 2.75) is 65.3 Å². The van der Waals surface area contributed by atoms with E-state index in [1.807, 2.05) is 36.1 Å². The van der Waals surface area contributed by atoms with Crippen molar-refractivity contribution in [2.75, 3.05) is 26.2 Å². The van der Waals surface area contributed by atoms with Crippen molar-refractivity contribution in [3.63, 3.8) is 0 Å². The van der Waals surface area contributed by atoms with Gasteiger partial charge in [0.15, 0.2) is 5.82 Å². The van der Waals surface area contributed by atoms with E-state index in [1.165, 1.54) is 32.5 Å². The van der Waals surface area contributed by atoms with Crippen molar-refractivity contribution in [1.82, 2.24) is 29.5 Å². The minimum Gasteiger partial charge on any atom is -0.377 e. The number of aliphatic imine (C=N–C) groups is 1. The number of carbonyl (C=O) groups excluding carboxylic acids is 1. The summed E-state index contributed by atoms with van der Waals surface area (Å²) < 4.78 is 10.7. The predicted octanol–water partition coefficient (Wildman–Crippen LogP) is 7.99. The average molecular weight is 746 g/mol. The van der Waals surface area contributed by atoms with Crippen LogP contribution >= 0.6 is 22.9 Å². The quantitative estimate of drug-likeness (QED) is 0.136. The van der Waals surface area contributed by atoms with E-state index in [0.717, 1.165) is 60.1 Å². The summed E-state index contributed by atoms with van der Waals surface area (Å²) in [6.45, 7) is 10.6. The summed E-state index contributed by atoms with van der Waals surface area (Å²) in [5, 5.41) is 15.6. The Morgan fingerprint density at radius 2 is 1.75 bits per heavy atom. The molecule has 11 heteroatoms. The Kier molecular flexibility index (Phi) is 10.3. The summed E-state index contributed by atoms with van der Waals surface area (Å²) in [6.07, 6.45) is 4.17. The lowest BCUT2D eigenvalue weighted by Crippen LogP contribution is -2.41. The maximum absolute atomic E-state index is 13.9. The fraction of sp³-hybridized carbons (Fsp3) is 0.333. The van der Waals surface area contributed by atoms with Crippen LogP contribution in [0.3, 0.4) is 0 Å². The third kappa shape index (κ3) is 7.33. The molecule has 8 rings (SSSR count). The van der Waals surface area contributed by atoms with Gasteiger partial charge in [0.1, 0.15) is 16.9 Å². The van der Waals surface area contributed by atoms with Gasteiger partial charge < -0.3 is 19.5 Å². The summed E-state index contributed by atoms with van der Waals surface area (Å²) in [5.74, 6) is 1.57. The lowest BCUT2D eigenvalue weighted by Gasteiger charge is -2.32. The molecule has 2 aliphatic rings. The Labute approximate surface area is 319 Å². The number of piperidine rings is 1. The summed E-state index contributed by atoms with van der Waals surface area (Å²) in [5.41, 5.74) is 7.89. The van der Waals surface area contributed by atoms with E-state index in [2.05, 4.69) is 99.3 Å². The monoisotopic (exact) mass is 745 g/mol. The number of benzene rings is 3. The first-order chi connectivity index (χ1) is 25.8. The van der Waals surface area contributed by atoms with Gasteiger partial charge in [-0.05, 0) is 74.6 Å². The molecule has 3 aromatic carbocycles. The molecule has 1 fully saturated rings. The topological polar surface area (TPSA) is 89.6 Å². The van der Waals surface area contributed by atoms with Gasteiger partial charge in [-0.15, -0.1) is 21.5 Å². The van der Waals surface area contributed by atoms with Gasteiger partial charge in [-0.3, -0.25) is 14.4 Å². The van der Waals surface area contributed by atoms with Crippen LogP contribution in [-0.4, -0.2) is 68.2 Å². The summed E-state index contributed by atoms with van der Waals surface area (Å²) >= 11 is 7.98. The number of ether oxygens (including phenoxy) is 1. The molecular weight excluding hydrogens is 702 g/mol. The first-order valence-electron chi connectivity index (χ1n) is 18.4. The number of thiophene rings is 1. The van der Waals surface area contributed by atoms with Crippen LogP contribution in [-0.2, 0) is 22.6 Å². The van der Waals surface area contributed by atoms with Gasteiger partial charge in [0.25, 0.3) is 0 Å². The average Bonchev–Trinajstić information content (AvgIpc) is 3.82. The van der Waals surface area contributed by atoms with Gasteiger partial charge in [-0.25, -0.2) is 0 Å². The number of aromatic nitrogens is 4. The van der Waals surface area contributed by atoms with E-state index in [9.17, 15) is 4.79 Å². The Balaban J connectivity index is 0.862. The van der Waals surface area contributed by atoms with Crippen molar-refractivity contribution in [3.05, 3.63) is 134 Å².